The molecule has 0 spiro atoms. The highest BCUT2D eigenvalue weighted by atomic mass is 32.2. The number of aliphatic hydroxyl groups excluding tert-OH is 1. The first-order valence-electron chi connectivity index (χ1n) is 6.21. The fourth-order valence-corrected chi connectivity index (χ4v) is 2.88. The van der Waals surface area contributed by atoms with E-state index in [4.69, 9.17) is 5.26 Å². The zero-order valence-corrected chi connectivity index (χ0v) is 10.7. The summed E-state index contributed by atoms with van der Waals surface area (Å²) >= 11 is 0.919. The summed E-state index contributed by atoms with van der Waals surface area (Å²) in [5.41, 5.74) is 0.987. The minimum atomic E-state index is -0.419. The molecule has 5 heteroatoms. The third-order valence-corrected chi connectivity index (χ3v) is 4.40. The predicted molar refractivity (Wildman–Crippen MR) is 68.4 cm³/mol. The third-order valence-electron chi connectivity index (χ3n) is 3.80. The van der Waals surface area contributed by atoms with Gasteiger partial charge in [-0.05, 0) is 55.0 Å². The van der Waals surface area contributed by atoms with Crippen molar-refractivity contribution in [1.29, 1.82) is 5.26 Å². The van der Waals surface area contributed by atoms with Crippen molar-refractivity contribution in [2.45, 2.75) is 48.6 Å². The van der Waals surface area contributed by atoms with E-state index in [0.29, 0.717) is 10.8 Å². The normalized spacial score (nSPS) is 26.4. The number of aromatic nitrogens is 1. The summed E-state index contributed by atoms with van der Waals surface area (Å²) < 4.78 is 1.64. The molecule has 0 aromatic carbocycles. The summed E-state index contributed by atoms with van der Waals surface area (Å²) in [5, 5.41) is 20.4. The Balaban J connectivity index is 2.05. The van der Waals surface area contributed by atoms with Gasteiger partial charge in [-0.15, -0.1) is 0 Å². The van der Waals surface area contributed by atoms with Crippen LogP contribution in [-0.4, -0.2) is 15.8 Å². The van der Waals surface area contributed by atoms with Gasteiger partial charge in [0.05, 0.1) is 17.0 Å². The quantitative estimate of drug-likeness (QED) is 0.668. The number of rotatable bonds is 3. The van der Waals surface area contributed by atoms with Gasteiger partial charge in [0.15, 0.2) is 0 Å². The van der Waals surface area contributed by atoms with Crippen LogP contribution < -0.4 is 5.56 Å². The molecule has 0 radical (unpaired) electrons. The Bertz CT molecular complexity index is 571. The Morgan fingerprint density at radius 1 is 1.39 bits per heavy atom. The molecule has 1 aromatic heterocycles. The van der Waals surface area contributed by atoms with Gasteiger partial charge in [0.1, 0.15) is 5.40 Å². The van der Waals surface area contributed by atoms with Gasteiger partial charge >= 0.3 is 0 Å². The van der Waals surface area contributed by atoms with Crippen molar-refractivity contribution in [3.63, 3.8) is 0 Å². The number of pyridine rings is 1. The molecule has 2 fully saturated rings. The molecule has 1 unspecified atom stereocenters. The molecule has 1 aromatic rings. The van der Waals surface area contributed by atoms with Crippen molar-refractivity contribution in [3.05, 3.63) is 28.2 Å². The zero-order chi connectivity index (χ0) is 12.7. The Morgan fingerprint density at radius 3 is 2.67 bits per heavy atom. The average molecular weight is 262 g/mol. The largest absolute Gasteiger partial charge is 0.391 e. The number of nitriles is 1. The van der Waals surface area contributed by atoms with Crippen molar-refractivity contribution >= 4 is 11.8 Å². The highest BCUT2D eigenvalue weighted by Crippen LogP contribution is 2.41. The van der Waals surface area contributed by atoms with Gasteiger partial charge in [-0.1, -0.05) is 0 Å². The van der Waals surface area contributed by atoms with Crippen LogP contribution >= 0.6 is 11.8 Å². The lowest BCUT2D eigenvalue weighted by molar-refractivity contribution is 0.0293. The van der Waals surface area contributed by atoms with Gasteiger partial charge in [0.2, 0.25) is 0 Å². The molecular formula is C13H14N2O2S. The van der Waals surface area contributed by atoms with Gasteiger partial charge < -0.3 is 9.67 Å². The maximum atomic E-state index is 12.2. The Kier molecular flexibility index (Phi) is 2.92. The van der Waals surface area contributed by atoms with Crippen LogP contribution in [0.25, 0.3) is 0 Å². The number of nitrogens with zero attached hydrogens (tertiary/aromatic N) is 2. The van der Waals surface area contributed by atoms with E-state index in [1.165, 1.54) is 0 Å². The maximum absolute atomic E-state index is 12.2. The summed E-state index contributed by atoms with van der Waals surface area (Å²) in [4.78, 5) is 12.7. The molecule has 0 amide bonds. The lowest BCUT2D eigenvalue weighted by Gasteiger charge is -2.34. The van der Waals surface area contributed by atoms with E-state index >= 15 is 0 Å². The molecule has 2 aliphatic carbocycles. The molecule has 0 aliphatic heterocycles. The van der Waals surface area contributed by atoms with E-state index in [-0.39, 0.29) is 11.6 Å². The molecule has 3 rings (SSSR count). The van der Waals surface area contributed by atoms with Crippen LogP contribution in [0, 0.1) is 10.7 Å². The number of hydrogen-bond acceptors (Lipinski definition) is 4. The molecule has 4 nitrogen and oxygen atoms in total. The van der Waals surface area contributed by atoms with Crippen LogP contribution in [0.4, 0.5) is 0 Å². The van der Waals surface area contributed by atoms with E-state index in [2.05, 4.69) is 0 Å². The molecule has 2 saturated carbocycles. The summed E-state index contributed by atoms with van der Waals surface area (Å²) in [5.74, 6) is 0.534. The standard InChI is InChI=1S/C13H14N2O2S/c14-7-18-12-5-9(8-1-2-8)6-15(13(12)17)10-3-4-11(10)16/h5-6,8,10-11,16H,1-4H2/t10?,11-/m0/s1. The number of aliphatic hydroxyl groups is 1. The Morgan fingerprint density at radius 2 is 2.17 bits per heavy atom. The van der Waals surface area contributed by atoms with Gasteiger partial charge in [0.25, 0.3) is 5.56 Å². The SMILES string of the molecule is N#CSc1cc(C2CC2)cn(C2CC[C@@H]2O)c1=O. The molecular weight excluding hydrogens is 248 g/mol. The second-order valence-electron chi connectivity index (χ2n) is 5.03. The first-order valence-corrected chi connectivity index (χ1v) is 7.02. The Labute approximate surface area is 109 Å². The molecule has 0 saturated heterocycles. The van der Waals surface area contributed by atoms with Crippen LogP contribution in [-0.2, 0) is 0 Å². The molecule has 2 aliphatic rings. The number of thioether (sulfide) groups is 1. The second kappa shape index (κ2) is 4.45. The van der Waals surface area contributed by atoms with Crippen molar-refractivity contribution in [2.75, 3.05) is 0 Å². The van der Waals surface area contributed by atoms with Gasteiger partial charge in [0, 0.05) is 6.20 Å². The van der Waals surface area contributed by atoms with Crippen molar-refractivity contribution in [2.24, 2.45) is 0 Å². The van der Waals surface area contributed by atoms with E-state index in [1.807, 2.05) is 17.7 Å². The van der Waals surface area contributed by atoms with E-state index in [9.17, 15) is 9.90 Å². The summed E-state index contributed by atoms with van der Waals surface area (Å²) in [6.07, 6.45) is 5.37. The summed E-state index contributed by atoms with van der Waals surface area (Å²) in [6, 6.07) is 1.74. The fraction of sp³-hybridized carbons (Fsp3) is 0.538. The molecule has 1 heterocycles. The average Bonchev–Trinajstić information content (AvgIpc) is 3.16. The predicted octanol–water partition coefficient (Wildman–Crippen LogP) is 1.99. The van der Waals surface area contributed by atoms with Crippen LogP contribution in [0.15, 0.2) is 22.0 Å². The molecule has 2 atom stereocenters. The van der Waals surface area contributed by atoms with E-state index in [0.717, 1.165) is 43.0 Å². The minimum absolute atomic E-state index is 0.103. The summed E-state index contributed by atoms with van der Waals surface area (Å²) in [7, 11) is 0. The van der Waals surface area contributed by atoms with Crippen molar-refractivity contribution in [3.8, 4) is 5.40 Å². The second-order valence-corrected chi connectivity index (χ2v) is 5.86. The van der Waals surface area contributed by atoms with Crippen LogP contribution in [0.1, 0.15) is 43.2 Å². The lowest BCUT2D eigenvalue weighted by Crippen LogP contribution is -2.39. The molecule has 18 heavy (non-hydrogen) atoms. The van der Waals surface area contributed by atoms with E-state index in [1.54, 1.807) is 4.57 Å². The highest BCUT2D eigenvalue weighted by molar-refractivity contribution is 8.03. The van der Waals surface area contributed by atoms with Gasteiger partial charge in [-0.25, -0.2) is 0 Å². The van der Waals surface area contributed by atoms with Crippen molar-refractivity contribution < 1.29 is 5.11 Å². The molecule has 0 bridgehead atoms. The van der Waals surface area contributed by atoms with Crippen LogP contribution in [0.2, 0.25) is 0 Å². The third kappa shape index (κ3) is 1.96. The van der Waals surface area contributed by atoms with Crippen LogP contribution in [0.3, 0.4) is 0 Å². The topological polar surface area (TPSA) is 66.0 Å². The van der Waals surface area contributed by atoms with E-state index < -0.39 is 6.10 Å². The Hall–Kier alpha value is -1.25. The molecule has 94 valence electrons. The fourth-order valence-electron chi connectivity index (χ4n) is 2.39. The summed E-state index contributed by atoms with van der Waals surface area (Å²) in [6.45, 7) is 0. The highest BCUT2D eigenvalue weighted by Gasteiger charge is 2.33. The maximum Gasteiger partial charge on any atom is 0.265 e. The first kappa shape index (κ1) is 11.8. The smallest absolute Gasteiger partial charge is 0.265 e. The van der Waals surface area contributed by atoms with Gasteiger partial charge in [-0.2, -0.15) is 5.26 Å². The van der Waals surface area contributed by atoms with Crippen molar-refractivity contribution in [1.82, 2.24) is 4.57 Å². The molecule has 1 N–H and O–H groups in total. The first-order chi connectivity index (χ1) is 8.70. The van der Waals surface area contributed by atoms with Gasteiger partial charge in [-0.3, -0.25) is 4.79 Å². The monoisotopic (exact) mass is 262 g/mol. The lowest BCUT2D eigenvalue weighted by atomic mass is 9.89. The number of thiocyanates is 1. The number of hydrogen-bond donors (Lipinski definition) is 1. The minimum Gasteiger partial charge on any atom is -0.391 e. The van der Waals surface area contributed by atoms with Crippen LogP contribution in [0.5, 0.6) is 0 Å². The zero-order valence-electron chi connectivity index (χ0n) is 9.87.